The molecular weight excluding hydrogens is 560 g/mol. The number of cyclic esters (lactones) is 1. The summed E-state index contributed by atoms with van der Waals surface area (Å²) in [6.07, 6.45) is 1.55. The second-order valence-electron chi connectivity index (χ2n) is 14.0. The minimum Gasteiger partial charge on any atom is -0.472 e. The van der Waals surface area contributed by atoms with Crippen LogP contribution in [-0.4, -0.2) is 59.7 Å². The average Bonchev–Trinajstić information content (AvgIpc) is 3.46. The van der Waals surface area contributed by atoms with Crippen LogP contribution in [0.2, 0.25) is 0 Å². The summed E-state index contributed by atoms with van der Waals surface area (Å²) >= 11 is 0. The zero-order valence-electron chi connectivity index (χ0n) is 25.6. The Labute approximate surface area is 249 Å². The molecule has 6 rings (SSSR count). The molecule has 232 valence electrons. The van der Waals surface area contributed by atoms with E-state index in [1.807, 2.05) is 20.8 Å². The van der Waals surface area contributed by atoms with Gasteiger partial charge in [0, 0.05) is 59.8 Å². The normalized spacial score (nSPS) is 45.3. The quantitative estimate of drug-likeness (QED) is 0.284. The molecule has 1 spiro atoms. The van der Waals surface area contributed by atoms with Gasteiger partial charge in [0.25, 0.3) is 0 Å². The van der Waals surface area contributed by atoms with Gasteiger partial charge in [0.05, 0.1) is 12.5 Å². The van der Waals surface area contributed by atoms with Crippen molar-refractivity contribution >= 4 is 29.7 Å². The second-order valence-corrected chi connectivity index (χ2v) is 14.0. The van der Waals surface area contributed by atoms with E-state index in [4.69, 9.17) is 28.1 Å². The number of furan rings is 1. The van der Waals surface area contributed by atoms with Crippen molar-refractivity contribution < 1.29 is 52.1 Å². The van der Waals surface area contributed by atoms with E-state index in [9.17, 15) is 24.0 Å². The van der Waals surface area contributed by atoms with Crippen molar-refractivity contribution in [2.75, 3.05) is 0 Å². The number of esters is 4. The Kier molecular flexibility index (Phi) is 6.21. The maximum absolute atomic E-state index is 13.6. The largest absolute Gasteiger partial charge is 0.472 e. The first-order valence-electron chi connectivity index (χ1n) is 14.6. The van der Waals surface area contributed by atoms with Crippen molar-refractivity contribution in [3.63, 3.8) is 0 Å². The van der Waals surface area contributed by atoms with Gasteiger partial charge in [0.15, 0.2) is 11.9 Å². The molecule has 0 amide bonds. The number of fused-ring (bicyclic) bond motifs is 3. The number of ether oxygens (including phenoxy) is 5. The van der Waals surface area contributed by atoms with Crippen LogP contribution in [0.4, 0.5) is 0 Å². The number of carbonyl (C=O) groups excluding carboxylic acids is 5. The van der Waals surface area contributed by atoms with Crippen molar-refractivity contribution in [3.05, 3.63) is 36.3 Å². The number of ketones is 1. The predicted octanol–water partition coefficient (Wildman–Crippen LogP) is 3.64. The maximum atomic E-state index is 13.6. The van der Waals surface area contributed by atoms with Gasteiger partial charge >= 0.3 is 23.9 Å². The summed E-state index contributed by atoms with van der Waals surface area (Å²) in [6.45, 7) is 13.1. The molecule has 1 aromatic heterocycles. The lowest BCUT2D eigenvalue weighted by Crippen LogP contribution is -2.79. The van der Waals surface area contributed by atoms with Gasteiger partial charge in [0.1, 0.15) is 30.0 Å². The summed E-state index contributed by atoms with van der Waals surface area (Å²) in [5.41, 5.74) is -5.06. The number of carbonyl (C=O) groups is 5. The first-order chi connectivity index (χ1) is 20.0. The molecule has 2 saturated carbocycles. The molecule has 11 nitrogen and oxygen atoms in total. The van der Waals surface area contributed by atoms with E-state index < -0.39 is 93.5 Å². The molecule has 3 aliphatic carbocycles. The van der Waals surface area contributed by atoms with Crippen LogP contribution in [0.15, 0.2) is 35.2 Å². The molecule has 1 aromatic rings. The SMILES string of the molecule is CC(=O)O[C@@H]1[C@@H]2C(C)(C)C(=O)C=C[C@]2(C)[C@H]2[C@@H](OC(C)=O)C[C@@]3(C)[C@H](c4ccoc4)OC(=O)[C@H]4O[C@]43[C@]2(C)[C@@H]1OC(C)=O. The van der Waals surface area contributed by atoms with Crippen LogP contribution in [0, 0.1) is 33.5 Å². The fourth-order valence-electron chi connectivity index (χ4n) is 10.1. The lowest BCUT2D eigenvalue weighted by atomic mass is 9.34. The van der Waals surface area contributed by atoms with Gasteiger partial charge in [0.2, 0.25) is 0 Å². The van der Waals surface area contributed by atoms with Gasteiger partial charge in [-0.05, 0) is 18.6 Å². The molecule has 0 unspecified atom stereocenters. The first kappa shape index (κ1) is 29.6. The van der Waals surface area contributed by atoms with E-state index >= 15 is 0 Å². The highest BCUT2D eigenvalue weighted by molar-refractivity contribution is 5.96. The molecule has 11 heteroatoms. The summed E-state index contributed by atoms with van der Waals surface area (Å²) in [4.78, 5) is 65.4. The average molecular weight is 599 g/mol. The lowest BCUT2D eigenvalue weighted by Gasteiger charge is -2.70. The molecule has 0 N–H and O–H groups in total. The zero-order valence-corrected chi connectivity index (χ0v) is 25.6. The molecule has 43 heavy (non-hydrogen) atoms. The van der Waals surface area contributed by atoms with E-state index in [1.54, 1.807) is 26.0 Å². The third kappa shape index (κ3) is 3.60. The van der Waals surface area contributed by atoms with Crippen LogP contribution in [0.3, 0.4) is 0 Å². The smallest absolute Gasteiger partial charge is 0.339 e. The summed E-state index contributed by atoms with van der Waals surface area (Å²) in [5, 5.41) is 0. The van der Waals surface area contributed by atoms with Crippen molar-refractivity contribution in [1.82, 2.24) is 0 Å². The third-order valence-electron chi connectivity index (χ3n) is 11.3. The number of allylic oxidation sites excluding steroid dienone is 2. The first-order valence-corrected chi connectivity index (χ1v) is 14.6. The summed E-state index contributed by atoms with van der Waals surface area (Å²) in [6, 6.07) is 1.70. The van der Waals surface area contributed by atoms with E-state index in [-0.39, 0.29) is 12.2 Å². The van der Waals surface area contributed by atoms with Crippen molar-refractivity contribution in [1.29, 1.82) is 0 Å². The van der Waals surface area contributed by atoms with Gasteiger partial charge in [-0.15, -0.1) is 0 Å². The van der Waals surface area contributed by atoms with E-state index in [0.717, 1.165) is 0 Å². The minimum atomic E-state index is -1.30. The zero-order chi connectivity index (χ0) is 31.5. The molecule has 2 aliphatic heterocycles. The summed E-state index contributed by atoms with van der Waals surface area (Å²) < 4.78 is 36.3. The number of hydrogen-bond donors (Lipinski definition) is 0. The highest BCUT2D eigenvalue weighted by atomic mass is 16.7. The van der Waals surface area contributed by atoms with Crippen molar-refractivity contribution in [2.24, 2.45) is 33.5 Å². The molecule has 11 atom stereocenters. The molecule has 4 fully saturated rings. The van der Waals surface area contributed by atoms with Gasteiger partial charge in [-0.1, -0.05) is 40.7 Å². The van der Waals surface area contributed by atoms with E-state index in [2.05, 4.69) is 0 Å². The third-order valence-corrected chi connectivity index (χ3v) is 11.3. The number of hydrogen-bond acceptors (Lipinski definition) is 11. The van der Waals surface area contributed by atoms with Crippen LogP contribution >= 0.6 is 0 Å². The van der Waals surface area contributed by atoms with E-state index in [0.29, 0.717) is 5.56 Å². The molecule has 0 aromatic carbocycles. The van der Waals surface area contributed by atoms with Crippen LogP contribution in [-0.2, 0) is 47.7 Å². The second kappa shape index (κ2) is 9.03. The fraction of sp³-hybridized carbons (Fsp3) is 0.656. The van der Waals surface area contributed by atoms with Crippen LogP contribution in [0.25, 0.3) is 0 Å². The minimum absolute atomic E-state index is 0.179. The molecule has 2 saturated heterocycles. The Morgan fingerprint density at radius 1 is 0.884 bits per heavy atom. The van der Waals surface area contributed by atoms with Gasteiger partial charge in [-0.2, -0.15) is 0 Å². The van der Waals surface area contributed by atoms with Crippen molar-refractivity contribution in [3.8, 4) is 0 Å². The predicted molar refractivity (Wildman–Crippen MR) is 146 cm³/mol. The van der Waals surface area contributed by atoms with Crippen LogP contribution < -0.4 is 0 Å². The van der Waals surface area contributed by atoms with Crippen LogP contribution in [0.1, 0.15) is 73.5 Å². The Bertz CT molecular complexity index is 1440. The van der Waals surface area contributed by atoms with Gasteiger partial charge < -0.3 is 28.1 Å². The van der Waals surface area contributed by atoms with Crippen molar-refractivity contribution in [2.45, 2.75) is 97.9 Å². The molecular formula is C32H38O11. The fourth-order valence-corrected chi connectivity index (χ4v) is 10.1. The highest BCUT2D eigenvalue weighted by Gasteiger charge is 2.91. The van der Waals surface area contributed by atoms with Gasteiger partial charge in [-0.3, -0.25) is 19.2 Å². The Morgan fingerprint density at radius 3 is 2.12 bits per heavy atom. The molecule has 3 heterocycles. The van der Waals surface area contributed by atoms with Gasteiger partial charge in [-0.25, -0.2) is 4.79 Å². The monoisotopic (exact) mass is 598 g/mol. The maximum Gasteiger partial charge on any atom is 0.339 e. The summed E-state index contributed by atoms with van der Waals surface area (Å²) in [7, 11) is 0. The van der Waals surface area contributed by atoms with E-state index in [1.165, 1.54) is 39.4 Å². The Morgan fingerprint density at radius 2 is 1.53 bits per heavy atom. The Balaban J connectivity index is 1.68. The van der Waals surface area contributed by atoms with Crippen LogP contribution in [0.5, 0.6) is 0 Å². The Hall–Kier alpha value is -3.47. The summed E-state index contributed by atoms with van der Waals surface area (Å²) in [5.74, 6) is -3.89. The molecule has 0 radical (unpaired) electrons. The standard InChI is InChI=1S/C32H38O11/c1-15(33)39-19-13-30(7)24(18-10-12-38-14-18)42-27(37)26-32(30,43-26)31(8)22(19)29(6)11-9-20(36)28(4,5)23(29)21(40-16(2)34)25(31)41-17(3)35/h9-12,14,19,21-26H,13H2,1-8H3/t19-,21+,22+,23+,24-,25+,26+,29+,30-,31-,32+/m0/s1. The lowest BCUT2D eigenvalue weighted by molar-refractivity contribution is -0.306. The number of rotatable bonds is 4. The molecule has 5 aliphatic rings. The highest BCUT2D eigenvalue weighted by Crippen LogP contribution is 2.80. The molecule has 0 bridgehead atoms. The topological polar surface area (TPSA) is 148 Å². The number of epoxide rings is 1.